The van der Waals surface area contributed by atoms with Gasteiger partial charge in [-0.05, 0) is 46.0 Å². The quantitative estimate of drug-likeness (QED) is 0.755. The molecule has 0 unspecified atom stereocenters. The predicted octanol–water partition coefficient (Wildman–Crippen LogP) is 4.22. The third-order valence-corrected chi connectivity index (χ3v) is 6.13. The largest absolute Gasteiger partial charge is 0.497 e. The summed E-state index contributed by atoms with van der Waals surface area (Å²) >= 11 is 0. The van der Waals surface area contributed by atoms with Crippen LogP contribution in [0.4, 0.5) is 4.39 Å². The molecule has 3 rings (SSSR count). The molecule has 2 aliphatic heterocycles. The zero-order valence-corrected chi connectivity index (χ0v) is 17.0. The Bertz CT molecular complexity index is 698. The van der Waals surface area contributed by atoms with Crippen molar-refractivity contribution in [3.8, 4) is 0 Å². The number of likely N-dealkylation sites (tertiary alicyclic amines) is 1. The van der Waals surface area contributed by atoms with Crippen molar-refractivity contribution < 1.29 is 13.7 Å². The first-order valence-electron chi connectivity index (χ1n) is 9.52. The van der Waals surface area contributed by atoms with Gasteiger partial charge >= 0.3 is 7.12 Å². The highest BCUT2D eigenvalue weighted by Crippen LogP contribution is 2.37. The zero-order chi connectivity index (χ0) is 19.3. The minimum absolute atomic E-state index is 0.223. The molecule has 142 valence electrons. The van der Waals surface area contributed by atoms with Crippen LogP contribution >= 0.6 is 0 Å². The highest BCUT2D eigenvalue weighted by atomic mass is 19.1. The summed E-state index contributed by atoms with van der Waals surface area (Å²) in [5, 5.41) is 0. The van der Waals surface area contributed by atoms with Crippen molar-refractivity contribution in [3.05, 3.63) is 36.2 Å². The minimum atomic E-state index is -0.703. The summed E-state index contributed by atoms with van der Waals surface area (Å²) in [6, 6.07) is 5.40. The molecule has 26 heavy (non-hydrogen) atoms. The molecule has 2 aliphatic rings. The Labute approximate surface area is 157 Å². The van der Waals surface area contributed by atoms with Crippen LogP contribution < -0.4 is 5.46 Å². The number of piperidine rings is 1. The first-order chi connectivity index (χ1) is 11.9. The van der Waals surface area contributed by atoms with Gasteiger partial charge in [0.1, 0.15) is 5.82 Å². The fourth-order valence-corrected chi connectivity index (χ4v) is 3.75. The Balaban J connectivity index is 1.88. The zero-order valence-electron chi connectivity index (χ0n) is 17.0. The van der Waals surface area contributed by atoms with E-state index in [9.17, 15) is 0 Å². The van der Waals surface area contributed by atoms with Gasteiger partial charge in [-0.15, -0.1) is 0 Å². The molecule has 0 atom stereocenters. The van der Waals surface area contributed by atoms with Gasteiger partial charge in [0.25, 0.3) is 0 Å². The molecule has 1 aromatic carbocycles. The molecule has 2 saturated heterocycles. The van der Waals surface area contributed by atoms with Crippen molar-refractivity contribution in [1.29, 1.82) is 0 Å². The predicted molar refractivity (Wildman–Crippen MR) is 106 cm³/mol. The van der Waals surface area contributed by atoms with Gasteiger partial charge < -0.3 is 14.2 Å². The molecular weight excluding hydrogens is 328 g/mol. The second-order valence-corrected chi connectivity index (χ2v) is 9.43. The van der Waals surface area contributed by atoms with Crippen LogP contribution in [0.25, 0.3) is 5.70 Å². The Morgan fingerprint density at radius 1 is 1.12 bits per heavy atom. The average Bonchev–Trinajstić information content (AvgIpc) is 2.74. The van der Waals surface area contributed by atoms with E-state index in [1.807, 2.05) is 33.8 Å². The lowest BCUT2D eigenvalue weighted by Gasteiger charge is -2.40. The van der Waals surface area contributed by atoms with Gasteiger partial charge in [0.2, 0.25) is 0 Å². The number of rotatable bonds is 3. The van der Waals surface area contributed by atoms with Gasteiger partial charge in [-0.1, -0.05) is 38.6 Å². The van der Waals surface area contributed by atoms with E-state index in [2.05, 4.69) is 25.3 Å². The SMILES string of the molecule is C=C(c1cccc(B2OC(C)(C)C(C)(C)O2)c1F)N1CCCC(C)(C)C1. The number of benzene rings is 1. The molecule has 0 bridgehead atoms. The van der Waals surface area contributed by atoms with Crippen molar-refractivity contribution in [2.24, 2.45) is 5.41 Å². The van der Waals surface area contributed by atoms with E-state index >= 15 is 4.39 Å². The van der Waals surface area contributed by atoms with Crippen molar-refractivity contribution in [3.63, 3.8) is 0 Å². The monoisotopic (exact) mass is 359 g/mol. The van der Waals surface area contributed by atoms with E-state index < -0.39 is 18.3 Å². The normalized spacial score (nSPS) is 24.0. The highest BCUT2D eigenvalue weighted by molar-refractivity contribution is 6.62. The Morgan fingerprint density at radius 2 is 1.73 bits per heavy atom. The van der Waals surface area contributed by atoms with Gasteiger partial charge in [-0.2, -0.15) is 0 Å². The second-order valence-electron chi connectivity index (χ2n) is 9.43. The van der Waals surface area contributed by atoms with E-state index in [-0.39, 0.29) is 11.2 Å². The second kappa shape index (κ2) is 6.38. The molecule has 0 aliphatic carbocycles. The van der Waals surface area contributed by atoms with Crippen molar-refractivity contribution >= 4 is 18.3 Å². The number of hydrogen-bond donors (Lipinski definition) is 0. The molecule has 0 saturated carbocycles. The number of hydrogen-bond acceptors (Lipinski definition) is 3. The van der Waals surface area contributed by atoms with Crippen LogP contribution in [-0.4, -0.2) is 36.3 Å². The number of halogens is 1. The molecule has 1 aromatic rings. The Hall–Kier alpha value is -1.33. The molecular formula is C21H31BFNO2. The first-order valence-corrected chi connectivity index (χ1v) is 9.52. The fraction of sp³-hybridized carbons (Fsp3) is 0.619. The maximum absolute atomic E-state index is 15.4. The summed E-state index contributed by atoms with van der Waals surface area (Å²) in [6.45, 7) is 18.4. The van der Waals surface area contributed by atoms with E-state index in [4.69, 9.17) is 9.31 Å². The standard InChI is InChI=1S/C21H31BFNO2/c1-15(24-13-9-12-19(2,3)14-24)16-10-8-11-17(18(16)23)22-25-20(4,5)21(6,7)26-22/h8,10-11H,1,9,12-14H2,2-7H3. The summed E-state index contributed by atoms with van der Waals surface area (Å²) in [4.78, 5) is 2.20. The highest BCUT2D eigenvalue weighted by Gasteiger charge is 2.52. The van der Waals surface area contributed by atoms with Crippen LogP contribution in [0, 0.1) is 11.2 Å². The van der Waals surface area contributed by atoms with Gasteiger partial charge in [-0.3, -0.25) is 0 Å². The fourth-order valence-electron chi connectivity index (χ4n) is 3.75. The van der Waals surface area contributed by atoms with E-state index in [0.717, 1.165) is 25.2 Å². The summed E-state index contributed by atoms with van der Waals surface area (Å²) < 4.78 is 27.5. The Morgan fingerprint density at radius 3 is 2.31 bits per heavy atom. The van der Waals surface area contributed by atoms with Crippen LogP contribution in [0.3, 0.4) is 0 Å². The van der Waals surface area contributed by atoms with E-state index in [1.54, 1.807) is 12.1 Å². The Kier molecular flexibility index (Phi) is 4.77. The molecule has 0 radical (unpaired) electrons. The van der Waals surface area contributed by atoms with Crippen LogP contribution in [-0.2, 0) is 9.31 Å². The van der Waals surface area contributed by atoms with Gasteiger partial charge in [-0.25, -0.2) is 4.39 Å². The third kappa shape index (κ3) is 3.44. The molecule has 0 N–H and O–H groups in total. The third-order valence-electron chi connectivity index (χ3n) is 6.13. The smallest absolute Gasteiger partial charge is 0.399 e. The summed E-state index contributed by atoms with van der Waals surface area (Å²) in [7, 11) is -0.703. The van der Waals surface area contributed by atoms with E-state index in [1.165, 1.54) is 6.42 Å². The number of nitrogens with zero attached hydrogens (tertiary/aromatic N) is 1. The van der Waals surface area contributed by atoms with Gasteiger partial charge in [0.15, 0.2) is 0 Å². The molecule has 2 fully saturated rings. The van der Waals surface area contributed by atoms with Crippen LogP contribution in [0.15, 0.2) is 24.8 Å². The average molecular weight is 359 g/mol. The van der Waals surface area contributed by atoms with Gasteiger partial charge in [0, 0.05) is 29.8 Å². The van der Waals surface area contributed by atoms with Crippen molar-refractivity contribution in [1.82, 2.24) is 4.90 Å². The lowest BCUT2D eigenvalue weighted by Crippen LogP contribution is -2.41. The summed E-state index contributed by atoms with van der Waals surface area (Å²) in [5.74, 6) is -0.292. The minimum Gasteiger partial charge on any atom is -0.399 e. The van der Waals surface area contributed by atoms with Crippen molar-refractivity contribution in [2.45, 2.75) is 65.6 Å². The molecule has 0 amide bonds. The van der Waals surface area contributed by atoms with Crippen LogP contribution in [0.1, 0.15) is 59.9 Å². The maximum atomic E-state index is 15.4. The molecule has 0 spiro atoms. The lowest BCUT2D eigenvalue weighted by atomic mass is 9.77. The molecule has 0 aromatic heterocycles. The molecule has 3 nitrogen and oxygen atoms in total. The summed E-state index contributed by atoms with van der Waals surface area (Å²) in [6.07, 6.45) is 2.29. The topological polar surface area (TPSA) is 21.7 Å². The molecule has 5 heteroatoms. The van der Waals surface area contributed by atoms with Crippen LogP contribution in [0.5, 0.6) is 0 Å². The first kappa shape index (κ1) is 19.4. The van der Waals surface area contributed by atoms with Gasteiger partial charge in [0.05, 0.1) is 11.2 Å². The van der Waals surface area contributed by atoms with Crippen LogP contribution in [0.2, 0.25) is 0 Å². The summed E-state index contributed by atoms with van der Waals surface area (Å²) in [5.41, 5.74) is 0.963. The lowest BCUT2D eigenvalue weighted by molar-refractivity contribution is 0.00578. The van der Waals surface area contributed by atoms with Crippen molar-refractivity contribution in [2.75, 3.05) is 13.1 Å². The molecule has 2 heterocycles. The maximum Gasteiger partial charge on any atom is 0.497 e. The van der Waals surface area contributed by atoms with E-state index in [0.29, 0.717) is 11.0 Å².